The van der Waals surface area contributed by atoms with Crippen molar-refractivity contribution < 1.29 is 4.42 Å². The second-order valence-corrected chi connectivity index (χ2v) is 6.84. The number of thioether (sulfide) groups is 1. The summed E-state index contributed by atoms with van der Waals surface area (Å²) in [5, 5.41) is 5.04. The van der Waals surface area contributed by atoms with E-state index in [1.807, 2.05) is 48.7 Å². The highest BCUT2D eigenvalue weighted by atomic mass is 32.2. The summed E-state index contributed by atoms with van der Waals surface area (Å²) >= 11 is 1.61. The smallest absolute Gasteiger partial charge is 0.261 e. The summed E-state index contributed by atoms with van der Waals surface area (Å²) in [4.78, 5) is 10.0. The molecule has 1 aliphatic rings. The van der Waals surface area contributed by atoms with Crippen molar-refractivity contribution in [1.29, 1.82) is 0 Å². The lowest BCUT2D eigenvalue weighted by Crippen LogP contribution is -2.01. The van der Waals surface area contributed by atoms with Crippen LogP contribution in [0.1, 0.15) is 25.7 Å². The topological polar surface area (TPSA) is 63.3 Å². The molecule has 0 bridgehead atoms. The number of hydrazone groups is 1. The molecular formula is C19H18N4OS. The van der Waals surface area contributed by atoms with Gasteiger partial charge in [0.05, 0.1) is 6.21 Å². The standard InChI is InChI=1S/C19H18N4OS/c1-4-10-17(25-19-22-15-8-2-3-9-16(15)24-19)14(7-1)13-21-23-18-11-5-6-12-20-18/h2-3,5-6,8-9,11-13H,1,4,7,10H2,(H,20,23). The molecule has 4 rings (SSSR count). The molecule has 0 aliphatic heterocycles. The fraction of sp³-hybridized carbons (Fsp3) is 0.211. The van der Waals surface area contributed by atoms with Crippen molar-refractivity contribution in [3.8, 4) is 0 Å². The molecule has 0 atom stereocenters. The Morgan fingerprint density at radius 3 is 2.84 bits per heavy atom. The largest absolute Gasteiger partial charge is 0.431 e. The number of pyridine rings is 1. The van der Waals surface area contributed by atoms with E-state index in [0.717, 1.165) is 29.8 Å². The van der Waals surface area contributed by atoms with E-state index in [0.29, 0.717) is 5.22 Å². The normalized spacial score (nSPS) is 15.2. The van der Waals surface area contributed by atoms with E-state index in [4.69, 9.17) is 4.42 Å². The maximum absolute atomic E-state index is 5.84. The average molecular weight is 350 g/mol. The first-order chi connectivity index (χ1) is 12.4. The number of allylic oxidation sites excluding steroid dienone is 2. The molecule has 1 N–H and O–H groups in total. The summed E-state index contributed by atoms with van der Waals surface area (Å²) in [5.74, 6) is 0.739. The molecule has 25 heavy (non-hydrogen) atoms. The number of hydrogen-bond acceptors (Lipinski definition) is 6. The Morgan fingerprint density at radius 2 is 1.96 bits per heavy atom. The van der Waals surface area contributed by atoms with Crippen molar-refractivity contribution in [3.05, 3.63) is 59.1 Å². The highest BCUT2D eigenvalue weighted by Gasteiger charge is 2.16. The molecule has 6 heteroatoms. The van der Waals surface area contributed by atoms with Crippen LogP contribution in [-0.2, 0) is 0 Å². The van der Waals surface area contributed by atoms with Crippen LogP contribution in [0, 0.1) is 0 Å². The van der Waals surface area contributed by atoms with Gasteiger partial charge in [-0.05, 0) is 72.2 Å². The van der Waals surface area contributed by atoms with Gasteiger partial charge in [-0.25, -0.2) is 9.97 Å². The Morgan fingerprint density at radius 1 is 1.08 bits per heavy atom. The molecule has 0 amide bonds. The lowest BCUT2D eigenvalue weighted by molar-refractivity contribution is 0.490. The van der Waals surface area contributed by atoms with Gasteiger partial charge in [0.2, 0.25) is 0 Å². The van der Waals surface area contributed by atoms with Crippen LogP contribution in [0.15, 0.2) is 73.9 Å². The van der Waals surface area contributed by atoms with Gasteiger partial charge in [0, 0.05) is 6.20 Å². The van der Waals surface area contributed by atoms with Crippen molar-refractivity contribution in [3.63, 3.8) is 0 Å². The molecule has 1 aliphatic carbocycles. The maximum atomic E-state index is 5.84. The lowest BCUT2D eigenvalue weighted by atomic mass is 10.0. The van der Waals surface area contributed by atoms with Gasteiger partial charge in [-0.1, -0.05) is 18.2 Å². The summed E-state index contributed by atoms with van der Waals surface area (Å²) in [5.41, 5.74) is 5.94. The second kappa shape index (κ2) is 7.53. The Labute approximate surface area is 150 Å². The first-order valence-corrected chi connectivity index (χ1v) is 9.16. The van der Waals surface area contributed by atoms with Crippen LogP contribution in [0.3, 0.4) is 0 Å². The number of oxazole rings is 1. The van der Waals surface area contributed by atoms with Gasteiger partial charge >= 0.3 is 0 Å². The fourth-order valence-corrected chi connectivity index (χ4v) is 3.78. The van der Waals surface area contributed by atoms with Crippen LogP contribution in [0.2, 0.25) is 0 Å². The zero-order valence-corrected chi connectivity index (χ0v) is 14.5. The van der Waals surface area contributed by atoms with Crippen molar-refractivity contribution in [2.24, 2.45) is 5.10 Å². The average Bonchev–Trinajstić information content (AvgIpc) is 3.06. The Bertz CT molecular complexity index is 884. The molecule has 2 heterocycles. The molecule has 2 aromatic heterocycles. The summed E-state index contributed by atoms with van der Waals surface area (Å²) in [6, 6.07) is 13.6. The highest BCUT2D eigenvalue weighted by Crippen LogP contribution is 2.37. The van der Waals surface area contributed by atoms with E-state index in [2.05, 4.69) is 20.5 Å². The monoisotopic (exact) mass is 350 g/mol. The van der Waals surface area contributed by atoms with Crippen LogP contribution in [0.25, 0.3) is 11.1 Å². The van der Waals surface area contributed by atoms with Crippen LogP contribution in [0.4, 0.5) is 5.82 Å². The molecule has 0 spiro atoms. The minimum atomic E-state index is 0.696. The number of benzene rings is 1. The minimum absolute atomic E-state index is 0.696. The van der Waals surface area contributed by atoms with E-state index in [-0.39, 0.29) is 0 Å². The van der Waals surface area contributed by atoms with Crippen LogP contribution >= 0.6 is 11.8 Å². The van der Waals surface area contributed by atoms with E-state index < -0.39 is 0 Å². The quantitative estimate of drug-likeness (QED) is 0.503. The second-order valence-electron chi connectivity index (χ2n) is 5.79. The molecular weight excluding hydrogens is 332 g/mol. The summed E-state index contributed by atoms with van der Waals surface area (Å²) in [6.07, 6.45) is 8.07. The zero-order valence-electron chi connectivity index (χ0n) is 13.7. The predicted molar refractivity (Wildman–Crippen MR) is 102 cm³/mol. The lowest BCUT2D eigenvalue weighted by Gasteiger charge is -2.15. The minimum Gasteiger partial charge on any atom is -0.431 e. The van der Waals surface area contributed by atoms with E-state index >= 15 is 0 Å². The van der Waals surface area contributed by atoms with Crippen molar-refractivity contribution in [2.45, 2.75) is 30.9 Å². The number of nitrogens with one attached hydrogen (secondary N) is 1. The number of nitrogens with zero attached hydrogens (tertiary/aromatic N) is 3. The first-order valence-electron chi connectivity index (χ1n) is 8.34. The number of aromatic nitrogens is 2. The van der Waals surface area contributed by atoms with Crippen LogP contribution in [-0.4, -0.2) is 16.2 Å². The Balaban J connectivity index is 1.52. The third kappa shape index (κ3) is 3.91. The zero-order chi connectivity index (χ0) is 16.9. The molecule has 0 unspecified atom stereocenters. The van der Waals surface area contributed by atoms with E-state index in [9.17, 15) is 0 Å². The summed E-state index contributed by atoms with van der Waals surface area (Å²) in [6.45, 7) is 0. The van der Waals surface area contributed by atoms with Gasteiger partial charge in [0.1, 0.15) is 11.3 Å². The molecule has 0 saturated carbocycles. The third-order valence-corrected chi connectivity index (χ3v) is 5.07. The molecule has 0 fully saturated rings. The predicted octanol–water partition coefficient (Wildman–Crippen LogP) is 5.24. The number of fused-ring (bicyclic) bond motifs is 1. The highest BCUT2D eigenvalue weighted by molar-refractivity contribution is 8.02. The van der Waals surface area contributed by atoms with Crippen LogP contribution in [0.5, 0.6) is 0 Å². The number of para-hydroxylation sites is 2. The van der Waals surface area contributed by atoms with E-state index in [1.165, 1.54) is 23.3 Å². The van der Waals surface area contributed by atoms with Crippen molar-refractivity contribution >= 4 is 34.9 Å². The van der Waals surface area contributed by atoms with Gasteiger partial charge in [0.25, 0.3) is 5.22 Å². The molecule has 1 aromatic carbocycles. The number of rotatable bonds is 5. The van der Waals surface area contributed by atoms with Gasteiger partial charge < -0.3 is 4.42 Å². The Hall–Kier alpha value is -2.60. The molecule has 3 aromatic rings. The fourth-order valence-electron chi connectivity index (χ4n) is 2.76. The molecule has 126 valence electrons. The van der Waals surface area contributed by atoms with E-state index in [1.54, 1.807) is 18.0 Å². The summed E-state index contributed by atoms with van der Waals surface area (Å²) in [7, 11) is 0. The molecule has 5 nitrogen and oxygen atoms in total. The van der Waals surface area contributed by atoms with Gasteiger partial charge in [0.15, 0.2) is 5.58 Å². The third-order valence-electron chi connectivity index (χ3n) is 4.01. The maximum Gasteiger partial charge on any atom is 0.261 e. The number of hydrogen-bond donors (Lipinski definition) is 1. The van der Waals surface area contributed by atoms with Gasteiger partial charge in [-0.2, -0.15) is 5.10 Å². The molecule has 0 saturated heterocycles. The SMILES string of the molecule is C(=NNc1ccccn1)C1=C(Sc2nc3ccccc3o2)CCCC1. The number of anilines is 1. The van der Waals surface area contributed by atoms with Crippen molar-refractivity contribution in [1.82, 2.24) is 9.97 Å². The Kier molecular flexibility index (Phi) is 4.79. The molecule has 0 radical (unpaired) electrons. The van der Waals surface area contributed by atoms with Crippen LogP contribution < -0.4 is 5.43 Å². The first kappa shape index (κ1) is 15.9. The summed E-state index contributed by atoms with van der Waals surface area (Å²) < 4.78 is 5.84. The van der Waals surface area contributed by atoms with Crippen molar-refractivity contribution in [2.75, 3.05) is 5.43 Å². The van der Waals surface area contributed by atoms with Gasteiger partial charge in [-0.15, -0.1) is 0 Å². The van der Waals surface area contributed by atoms with Gasteiger partial charge in [-0.3, -0.25) is 5.43 Å².